The molecule has 1 aliphatic heterocycles. The van der Waals surface area contributed by atoms with Gasteiger partial charge in [-0.05, 0) is 103 Å². The van der Waals surface area contributed by atoms with Gasteiger partial charge in [0, 0.05) is 0 Å². The van der Waals surface area contributed by atoms with E-state index >= 15 is 0 Å². The Labute approximate surface area is 697 Å². The second kappa shape index (κ2) is 66.8. The van der Waals surface area contributed by atoms with Crippen LogP contribution in [0.4, 0.5) is 0 Å². The van der Waals surface area contributed by atoms with Crippen molar-refractivity contribution in [1.29, 1.82) is 0 Å². The maximum atomic E-state index is 10.7. The Kier molecular flexibility index (Phi) is 74.8. The van der Waals surface area contributed by atoms with E-state index in [1.807, 2.05) is 0 Å². The summed E-state index contributed by atoms with van der Waals surface area (Å²) in [5, 5.41) is 0. The maximum absolute atomic E-state index is 10.7. The molecule has 0 spiro atoms. The Balaban J connectivity index is -0.000000288. The van der Waals surface area contributed by atoms with Gasteiger partial charge in [-0.3, -0.25) is 0 Å². The summed E-state index contributed by atoms with van der Waals surface area (Å²) in [6, 6.07) is 0. The third-order valence-corrected chi connectivity index (χ3v) is 105. The Morgan fingerprint density at radius 1 is 0.200 bits per heavy atom. The van der Waals surface area contributed by atoms with E-state index in [1.165, 1.54) is 328 Å². The Hall–Kier alpha value is 2.24. The molecule has 0 aromatic carbocycles. The minimum absolute atomic E-state index is 1.35. The molecular weight excluding hydrogens is 3180 g/mol. The van der Waals surface area contributed by atoms with Crippen LogP contribution in [-0.2, 0) is 252 Å². The molecule has 36 nitrogen and oxygen atoms in total. The zero-order valence-corrected chi connectivity index (χ0v) is 98.2. The van der Waals surface area contributed by atoms with E-state index in [0.29, 0.717) is 0 Å². The second-order valence-corrected chi connectivity index (χ2v) is 92.5. The third kappa shape index (κ3) is 77.6. The first-order valence-corrected chi connectivity index (χ1v) is 86.9. The predicted octanol–water partition coefficient (Wildman–Crippen LogP) is 12.3. The van der Waals surface area contributed by atoms with Gasteiger partial charge in [-0.25, -0.2) is 0 Å². The van der Waals surface area contributed by atoms with Crippen LogP contribution in [0.25, 0.3) is 0 Å². The van der Waals surface area contributed by atoms with Crippen molar-refractivity contribution < 1.29 is 285 Å². The SMILES string of the molecule is CCCC[N+](CCCC)(CCCC)CCCC.CCCC[N+](CCCC)(CCCC)CCCC.CCCC[N+](CCCC)(CCCC)CCCC.CCCC[N+](CCCC)(CCCC)CCCC.[O]=[W](=[O])([O-])[O][W](=[O])(=[O])[O][W](=[O])(=[O])[O-].[O]=[W](=[O])([O-])[O][W](=[O])(=[O])[O][W](=[O])(=[O])[O-].[O]=[W]1(=[O])[O][W](=[O])(=[O])[O][W](=[O])(=[O])[O][W](=[O])(=[O])[O]1. The molecule has 0 unspecified atom stereocenters. The molecule has 0 aliphatic carbocycles. The molecule has 0 amide bonds. The van der Waals surface area contributed by atoms with E-state index in [-0.39, 0.29) is 0 Å². The van der Waals surface area contributed by atoms with Crippen molar-refractivity contribution in [2.45, 2.75) is 316 Å². The molecule has 0 atom stereocenters. The Morgan fingerprint density at radius 2 is 0.282 bits per heavy atom. The fraction of sp³-hybridized carbons (Fsp3) is 1.00. The van der Waals surface area contributed by atoms with E-state index in [0.717, 1.165) is 0 Å². The molecule has 46 heteroatoms. The summed E-state index contributed by atoms with van der Waals surface area (Å²) in [4.78, 5) is 0. The van der Waals surface area contributed by atoms with Crippen molar-refractivity contribution in [3.8, 4) is 0 Å². The molecule has 1 aliphatic rings. The van der Waals surface area contributed by atoms with Gasteiger partial charge in [0.05, 0.1) is 105 Å². The van der Waals surface area contributed by atoms with Crippen LogP contribution >= 0.6 is 0 Å². The van der Waals surface area contributed by atoms with Gasteiger partial charge >= 0.3 is 267 Å². The molecule has 0 bridgehead atoms. The molecule has 0 saturated carbocycles. The molecule has 110 heavy (non-hydrogen) atoms. The van der Waals surface area contributed by atoms with Gasteiger partial charge in [0.1, 0.15) is 0 Å². The van der Waals surface area contributed by atoms with Gasteiger partial charge in [0.25, 0.3) is 0 Å². The summed E-state index contributed by atoms with van der Waals surface area (Å²) in [5.74, 6) is 0. The first-order chi connectivity index (χ1) is 50.6. The summed E-state index contributed by atoms with van der Waals surface area (Å²) in [6.45, 7) is 60.1. The van der Waals surface area contributed by atoms with Crippen molar-refractivity contribution in [1.82, 2.24) is 0 Å². The average Bonchev–Trinajstić information content (AvgIpc) is 0.790. The predicted molar refractivity (Wildman–Crippen MR) is 340 cm³/mol. The van der Waals surface area contributed by atoms with Crippen LogP contribution < -0.4 is 15.0 Å². The van der Waals surface area contributed by atoms with Crippen molar-refractivity contribution in [3.63, 3.8) is 0 Å². The van der Waals surface area contributed by atoms with Crippen molar-refractivity contribution in [2.24, 2.45) is 0 Å². The van der Waals surface area contributed by atoms with Crippen LogP contribution in [0.15, 0.2) is 0 Å². The Morgan fingerprint density at radius 3 is 0.345 bits per heavy atom. The fourth-order valence-electron chi connectivity index (χ4n) is 11.5. The summed E-state index contributed by atoms with van der Waals surface area (Å²) in [7, 11) is 0. The third-order valence-electron chi connectivity index (χ3n) is 17.1. The van der Waals surface area contributed by atoms with Crippen molar-refractivity contribution in [3.05, 3.63) is 0 Å². The van der Waals surface area contributed by atoms with Crippen LogP contribution in [0.5, 0.6) is 0 Å². The van der Waals surface area contributed by atoms with Crippen LogP contribution in [0.1, 0.15) is 316 Å². The first kappa shape index (κ1) is 123. The molecule has 1 saturated heterocycles. The molecule has 672 valence electrons. The molecule has 0 radical (unpaired) electrons. The number of rotatable bonds is 56. The van der Waals surface area contributed by atoms with E-state index in [9.17, 15) is 83.0 Å². The molecular formula is C64H144N4O32W10. The molecule has 1 heterocycles. The zero-order valence-electron chi connectivity index (χ0n) is 68.9. The van der Waals surface area contributed by atoms with Gasteiger partial charge in [0.2, 0.25) is 0 Å². The average molecular weight is 3320 g/mol. The van der Waals surface area contributed by atoms with Crippen LogP contribution in [0.2, 0.25) is 0 Å². The van der Waals surface area contributed by atoms with Gasteiger partial charge in [-0.15, -0.1) is 0 Å². The minimum atomic E-state index is -6.89. The van der Waals surface area contributed by atoms with Crippen molar-refractivity contribution >= 4 is 0 Å². The normalized spacial score (nSPS) is 15.3. The molecule has 0 N–H and O–H groups in total. The van der Waals surface area contributed by atoms with E-state index in [2.05, 4.69) is 127 Å². The summed E-state index contributed by atoms with van der Waals surface area (Å²) in [5.41, 5.74) is 0. The summed E-state index contributed by atoms with van der Waals surface area (Å²) in [6.07, 6.45) is 44.2. The van der Waals surface area contributed by atoms with Gasteiger partial charge < -0.3 is 17.9 Å². The summed E-state index contributed by atoms with van der Waals surface area (Å²) < 4.78 is 274. The molecule has 0 aromatic heterocycles. The standard InChI is InChI=1S/4C16H36N.32O.10W/c4*1-5-9-13-17(14-10-6-2,15-11-7-3)16-12-8-4;;;;;;;;;;;;;;;;;;;;;;;;;;;;;;;;;;;;;;;;;;/h4*5-16H2,1-4H3;;;;;;;;;;;;;;;;;;;;;;;;;;;;;;;;;;;;;;;;;;/q4*+1;;;;;;;;;;;;;;;;;;;;;;;;;;;;;4*-1;;;;;;;;;;. The second-order valence-electron chi connectivity index (χ2n) is 27.2. The molecule has 1 rings (SSSR count). The number of quaternary nitrogens is 4. The zero-order chi connectivity index (χ0) is 86.6. The van der Waals surface area contributed by atoms with E-state index < -0.39 is 167 Å². The number of hydrogen-bond acceptors (Lipinski definition) is 32. The van der Waals surface area contributed by atoms with Crippen molar-refractivity contribution in [2.75, 3.05) is 105 Å². The monoisotopic (exact) mass is 3320 g/mol. The van der Waals surface area contributed by atoms with E-state index in [4.69, 9.17) is 0 Å². The molecule has 0 aromatic rings. The Bertz CT molecular complexity index is 2870. The van der Waals surface area contributed by atoms with Gasteiger partial charge in [0.15, 0.2) is 0 Å². The van der Waals surface area contributed by atoms with Crippen LogP contribution in [-0.4, -0.2) is 123 Å². The number of nitrogens with zero attached hydrogens (tertiary/aromatic N) is 4. The number of unbranched alkanes of at least 4 members (excludes halogenated alkanes) is 16. The molecule has 1 fully saturated rings. The topological polar surface area (TPSA) is 507 Å². The van der Waals surface area contributed by atoms with Crippen LogP contribution in [0.3, 0.4) is 0 Å². The quantitative estimate of drug-likeness (QED) is 0.0510. The van der Waals surface area contributed by atoms with Gasteiger partial charge in [-0.1, -0.05) is 214 Å². The summed E-state index contributed by atoms with van der Waals surface area (Å²) >= 11 is -68.4. The van der Waals surface area contributed by atoms with E-state index in [1.54, 1.807) is 0 Å². The first-order valence-electron chi connectivity index (χ1n) is 39.0. The fourth-order valence-corrected chi connectivity index (χ4v) is 103. The number of hydrogen-bond donors (Lipinski definition) is 0. The van der Waals surface area contributed by atoms with Gasteiger partial charge in [-0.2, -0.15) is 0 Å². The van der Waals surface area contributed by atoms with Crippen LogP contribution in [0, 0.1) is 0 Å².